The van der Waals surface area contributed by atoms with Crippen LogP contribution in [0.2, 0.25) is 0 Å². The summed E-state index contributed by atoms with van der Waals surface area (Å²) >= 11 is 0. The number of fused-ring (bicyclic) bond motifs is 1. The molecule has 9 heteroatoms. The van der Waals surface area contributed by atoms with Crippen LogP contribution in [0.5, 0.6) is 5.75 Å². The number of benzene rings is 4. The van der Waals surface area contributed by atoms with Crippen molar-refractivity contribution in [2.24, 2.45) is 20.5 Å². The summed E-state index contributed by atoms with van der Waals surface area (Å²) in [5, 5.41) is 27.7. The zero-order valence-electron chi connectivity index (χ0n) is 16.0. The summed E-state index contributed by atoms with van der Waals surface area (Å²) in [6, 6.07) is 23.2. The van der Waals surface area contributed by atoms with E-state index in [1.54, 1.807) is 24.3 Å². The summed E-state index contributed by atoms with van der Waals surface area (Å²) in [4.78, 5) is -0.242. The molecule has 31 heavy (non-hydrogen) atoms. The van der Waals surface area contributed by atoms with Gasteiger partial charge in [-0.2, -0.15) is 23.8 Å². The molecule has 0 fully saturated rings. The van der Waals surface area contributed by atoms with Gasteiger partial charge in [-0.25, -0.2) is 0 Å². The molecule has 0 aromatic heterocycles. The predicted octanol–water partition coefficient (Wildman–Crippen LogP) is 6.62. The van der Waals surface area contributed by atoms with Crippen LogP contribution < -0.4 is 0 Å². The lowest BCUT2D eigenvalue weighted by Crippen LogP contribution is -1.97. The van der Waals surface area contributed by atoms with Gasteiger partial charge in [-0.15, -0.1) is 5.11 Å². The Hall–Kier alpha value is -3.95. The monoisotopic (exact) mass is 432 g/mol. The van der Waals surface area contributed by atoms with Crippen LogP contribution in [-0.4, -0.2) is 18.1 Å². The molecule has 4 aromatic carbocycles. The number of azo groups is 2. The van der Waals surface area contributed by atoms with Crippen LogP contribution >= 0.6 is 0 Å². The van der Waals surface area contributed by atoms with E-state index in [1.807, 2.05) is 30.3 Å². The van der Waals surface area contributed by atoms with Crippen LogP contribution in [-0.2, 0) is 10.1 Å². The van der Waals surface area contributed by atoms with Crippen LogP contribution in [0.4, 0.5) is 22.7 Å². The first-order valence-electron chi connectivity index (χ1n) is 9.12. The Morgan fingerprint density at radius 3 is 1.84 bits per heavy atom. The number of hydrogen-bond donors (Lipinski definition) is 2. The molecule has 4 rings (SSSR count). The SMILES string of the molecule is O=S(=O)(O)c1ccc2c(/N=N/c3ccc(/N=N/c4ccccc4)cc3)c(O)ccc2c1. The largest absolute Gasteiger partial charge is 0.506 e. The number of rotatable bonds is 5. The normalized spacial score (nSPS) is 12.2. The fourth-order valence-electron chi connectivity index (χ4n) is 2.85. The topological polar surface area (TPSA) is 124 Å². The van der Waals surface area contributed by atoms with Gasteiger partial charge in [0, 0.05) is 5.39 Å². The molecule has 8 nitrogen and oxygen atoms in total. The van der Waals surface area contributed by atoms with E-state index in [0.717, 1.165) is 5.69 Å². The highest BCUT2D eigenvalue weighted by atomic mass is 32.2. The van der Waals surface area contributed by atoms with Crippen molar-refractivity contribution in [3.05, 3.63) is 84.9 Å². The second kappa shape index (κ2) is 8.42. The smallest absolute Gasteiger partial charge is 0.294 e. The van der Waals surface area contributed by atoms with Crippen LogP contribution in [0, 0.1) is 0 Å². The molecule has 0 amide bonds. The minimum Gasteiger partial charge on any atom is -0.506 e. The third kappa shape index (κ3) is 4.80. The summed E-state index contributed by atoms with van der Waals surface area (Å²) in [7, 11) is -4.33. The molecular weight excluding hydrogens is 416 g/mol. The van der Waals surface area contributed by atoms with Gasteiger partial charge >= 0.3 is 0 Å². The Balaban J connectivity index is 1.59. The Kier molecular flexibility index (Phi) is 5.52. The minimum atomic E-state index is -4.33. The van der Waals surface area contributed by atoms with Crippen molar-refractivity contribution in [1.29, 1.82) is 0 Å². The molecule has 0 atom stereocenters. The van der Waals surface area contributed by atoms with E-state index in [2.05, 4.69) is 20.5 Å². The second-order valence-electron chi connectivity index (χ2n) is 6.54. The maximum Gasteiger partial charge on any atom is 0.294 e. The van der Waals surface area contributed by atoms with Gasteiger partial charge in [0.15, 0.2) is 0 Å². The fourth-order valence-corrected chi connectivity index (χ4v) is 3.37. The number of aromatic hydroxyl groups is 1. The molecule has 0 radical (unpaired) electrons. The average molecular weight is 432 g/mol. The lowest BCUT2D eigenvalue weighted by molar-refractivity contribution is 0.477. The molecule has 0 spiro atoms. The van der Waals surface area contributed by atoms with Crippen LogP contribution in [0.15, 0.2) is 110 Å². The molecule has 0 saturated heterocycles. The van der Waals surface area contributed by atoms with Crippen molar-refractivity contribution >= 4 is 43.6 Å². The number of phenolic OH excluding ortho intramolecular Hbond substituents is 1. The quantitative estimate of drug-likeness (QED) is 0.271. The predicted molar refractivity (Wildman–Crippen MR) is 117 cm³/mol. The Labute approximate surface area is 178 Å². The van der Waals surface area contributed by atoms with Crippen molar-refractivity contribution < 1.29 is 18.1 Å². The van der Waals surface area contributed by atoms with Crippen LogP contribution in [0.25, 0.3) is 10.8 Å². The molecule has 154 valence electrons. The first kappa shape index (κ1) is 20.3. The lowest BCUT2D eigenvalue weighted by atomic mass is 10.1. The Bertz CT molecular complexity index is 1400. The van der Waals surface area contributed by atoms with E-state index in [4.69, 9.17) is 0 Å². The maximum atomic E-state index is 11.3. The summed E-state index contributed by atoms with van der Waals surface area (Å²) in [5.74, 6) is -0.107. The Morgan fingerprint density at radius 1 is 0.645 bits per heavy atom. The van der Waals surface area contributed by atoms with Gasteiger partial charge < -0.3 is 5.11 Å². The zero-order chi connectivity index (χ0) is 21.8. The number of phenols is 1. The van der Waals surface area contributed by atoms with Gasteiger partial charge in [-0.3, -0.25) is 4.55 Å². The van der Waals surface area contributed by atoms with E-state index >= 15 is 0 Å². The molecule has 0 aliphatic carbocycles. The molecule has 0 aliphatic rings. The average Bonchev–Trinajstić information content (AvgIpc) is 2.77. The molecule has 0 heterocycles. The van der Waals surface area contributed by atoms with E-state index in [-0.39, 0.29) is 16.3 Å². The minimum absolute atomic E-state index is 0.107. The maximum absolute atomic E-state index is 11.3. The fraction of sp³-hybridized carbons (Fsp3) is 0. The molecule has 0 bridgehead atoms. The second-order valence-corrected chi connectivity index (χ2v) is 7.96. The number of nitrogens with zero attached hydrogens (tertiary/aromatic N) is 4. The highest BCUT2D eigenvalue weighted by molar-refractivity contribution is 7.85. The molecule has 4 aromatic rings. The first-order chi connectivity index (χ1) is 14.9. The van der Waals surface area contributed by atoms with Gasteiger partial charge in [0.05, 0.1) is 22.0 Å². The molecular formula is C22H16N4O4S. The van der Waals surface area contributed by atoms with Gasteiger partial charge in [0.1, 0.15) is 11.4 Å². The van der Waals surface area contributed by atoms with Crippen molar-refractivity contribution in [3.8, 4) is 5.75 Å². The Morgan fingerprint density at radius 2 is 1.23 bits per heavy atom. The van der Waals surface area contributed by atoms with E-state index in [9.17, 15) is 18.1 Å². The summed E-state index contributed by atoms with van der Waals surface area (Å²) < 4.78 is 31.9. The van der Waals surface area contributed by atoms with Crippen molar-refractivity contribution in [2.45, 2.75) is 4.90 Å². The van der Waals surface area contributed by atoms with Crippen molar-refractivity contribution in [3.63, 3.8) is 0 Å². The summed E-state index contributed by atoms with van der Waals surface area (Å²) in [6.07, 6.45) is 0. The van der Waals surface area contributed by atoms with Crippen molar-refractivity contribution in [1.82, 2.24) is 0 Å². The van der Waals surface area contributed by atoms with E-state index in [0.29, 0.717) is 22.1 Å². The van der Waals surface area contributed by atoms with Gasteiger partial charge in [0.25, 0.3) is 10.1 Å². The van der Waals surface area contributed by atoms with Gasteiger partial charge in [-0.05, 0) is 60.0 Å². The molecule has 2 N–H and O–H groups in total. The van der Waals surface area contributed by atoms with E-state index in [1.165, 1.54) is 30.3 Å². The summed E-state index contributed by atoms with van der Waals surface area (Å²) in [6.45, 7) is 0. The summed E-state index contributed by atoms with van der Waals surface area (Å²) in [5.41, 5.74) is 2.11. The van der Waals surface area contributed by atoms with Gasteiger partial charge in [-0.1, -0.05) is 30.3 Å². The molecule has 0 unspecified atom stereocenters. The first-order valence-corrected chi connectivity index (χ1v) is 10.6. The highest BCUT2D eigenvalue weighted by Gasteiger charge is 2.13. The third-order valence-corrected chi connectivity index (χ3v) is 5.24. The lowest BCUT2D eigenvalue weighted by Gasteiger charge is -2.05. The number of hydrogen-bond acceptors (Lipinski definition) is 7. The standard InChI is InChI=1S/C22H16N4O4S/c27-21-13-6-15-14-19(31(28,29)30)11-12-20(15)22(21)26-25-18-9-7-17(8-10-18)24-23-16-4-2-1-3-5-16/h1-14,27H,(H,28,29,30)/b24-23+,26-25+. The van der Waals surface area contributed by atoms with Crippen molar-refractivity contribution in [2.75, 3.05) is 0 Å². The van der Waals surface area contributed by atoms with Crippen LogP contribution in [0.1, 0.15) is 0 Å². The van der Waals surface area contributed by atoms with Gasteiger partial charge in [0.2, 0.25) is 0 Å². The zero-order valence-corrected chi connectivity index (χ0v) is 16.8. The molecule has 0 saturated carbocycles. The third-order valence-electron chi connectivity index (χ3n) is 4.39. The molecule has 0 aliphatic heterocycles. The highest BCUT2D eigenvalue weighted by Crippen LogP contribution is 2.37. The van der Waals surface area contributed by atoms with E-state index < -0.39 is 10.1 Å². The van der Waals surface area contributed by atoms with Crippen LogP contribution in [0.3, 0.4) is 0 Å².